The summed E-state index contributed by atoms with van der Waals surface area (Å²) in [5.41, 5.74) is 7.13. The Morgan fingerprint density at radius 3 is 2.31 bits per heavy atom. The van der Waals surface area contributed by atoms with E-state index in [0.717, 1.165) is 63.1 Å². The number of carbonyl (C=O) groups is 1. The fourth-order valence-electron chi connectivity index (χ4n) is 5.27. The summed E-state index contributed by atoms with van der Waals surface area (Å²) in [6.45, 7) is 6.56. The Labute approximate surface area is 213 Å². The maximum Gasteiger partial charge on any atom is 0.245 e. The van der Waals surface area contributed by atoms with Crippen LogP contribution in [-0.4, -0.2) is 12.5 Å². The molecule has 4 aromatic rings. The monoisotopic (exact) mass is 479 g/mol. The van der Waals surface area contributed by atoms with E-state index in [0.29, 0.717) is 6.61 Å². The molecule has 0 saturated carbocycles. The molecule has 0 radical (unpaired) electrons. The quantitative estimate of drug-likeness (QED) is 0.282. The Bertz CT molecular complexity index is 1360. The van der Waals surface area contributed by atoms with Crippen molar-refractivity contribution in [2.75, 3.05) is 6.61 Å². The molecule has 0 bridgehead atoms. The van der Waals surface area contributed by atoms with Crippen LogP contribution in [0.5, 0.6) is 5.75 Å². The molecule has 36 heavy (non-hydrogen) atoms. The number of benzene rings is 3. The highest BCUT2D eigenvalue weighted by molar-refractivity contribution is 5.98. The maximum absolute atomic E-state index is 13.3. The summed E-state index contributed by atoms with van der Waals surface area (Å²) in [6, 6.07) is 22.1. The van der Waals surface area contributed by atoms with Crippen LogP contribution in [0.2, 0.25) is 0 Å². The summed E-state index contributed by atoms with van der Waals surface area (Å²) in [7, 11) is 0. The first-order chi connectivity index (χ1) is 17.6. The Kier molecular flexibility index (Phi) is 6.95. The second-order valence-electron chi connectivity index (χ2n) is 9.49. The molecule has 1 aliphatic rings. The summed E-state index contributed by atoms with van der Waals surface area (Å²) in [4.78, 5) is 13.3. The van der Waals surface area contributed by atoms with Crippen LogP contribution < -0.4 is 10.1 Å². The van der Waals surface area contributed by atoms with E-state index in [9.17, 15) is 4.79 Å². The van der Waals surface area contributed by atoms with Crippen LogP contribution in [0.4, 0.5) is 0 Å². The first-order valence-corrected chi connectivity index (χ1v) is 12.9. The topological polar surface area (TPSA) is 51.5 Å². The van der Waals surface area contributed by atoms with Crippen molar-refractivity contribution in [3.63, 3.8) is 0 Å². The molecule has 0 atom stereocenters. The van der Waals surface area contributed by atoms with E-state index >= 15 is 0 Å². The molecule has 3 aromatic carbocycles. The molecule has 1 N–H and O–H groups in total. The van der Waals surface area contributed by atoms with Gasteiger partial charge in [0, 0.05) is 34.6 Å². The molecule has 5 rings (SSSR count). The zero-order chi connectivity index (χ0) is 25.1. The van der Waals surface area contributed by atoms with Crippen LogP contribution in [0.1, 0.15) is 66.3 Å². The van der Waals surface area contributed by atoms with Gasteiger partial charge in [-0.1, -0.05) is 60.7 Å². The molecule has 4 nitrogen and oxygen atoms in total. The normalized spacial score (nSPS) is 13.6. The van der Waals surface area contributed by atoms with E-state index in [2.05, 4.69) is 18.3 Å². The van der Waals surface area contributed by atoms with Gasteiger partial charge in [0.1, 0.15) is 17.1 Å². The first kappa shape index (κ1) is 23.9. The molecule has 1 heterocycles. The highest BCUT2D eigenvalue weighted by atomic mass is 16.5. The van der Waals surface area contributed by atoms with Crippen LogP contribution >= 0.6 is 0 Å². The number of hydrogen-bond donors (Lipinski definition) is 1. The lowest BCUT2D eigenvalue weighted by atomic mass is 9.92. The third kappa shape index (κ3) is 4.68. The average Bonchev–Trinajstić information content (AvgIpc) is 3.29. The number of carbonyl (C=O) groups excluding carboxylic acids is 1. The van der Waals surface area contributed by atoms with Gasteiger partial charge in [0.25, 0.3) is 0 Å². The van der Waals surface area contributed by atoms with Gasteiger partial charge >= 0.3 is 0 Å². The smallest absolute Gasteiger partial charge is 0.245 e. The number of nitrogens with one attached hydrogen (secondary N) is 1. The van der Waals surface area contributed by atoms with E-state index in [4.69, 9.17) is 9.15 Å². The second kappa shape index (κ2) is 10.4. The van der Waals surface area contributed by atoms with Crippen molar-refractivity contribution in [1.29, 1.82) is 0 Å². The highest BCUT2D eigenvalue weighted by Crippen LogP contribution is 2.41. The van der Waals surface area contributed by atoms with E-state index in [-0.39, 0.29) is 11.9 Å². The minimum atomic E-state index is -0.236. The van der Waals surface area contributed by atoms with Crippen LogP contribution in [0.3, 0.4) is 0 Å². The number of fused-ring (bicyclic) bond motifs is 3. The predicted octanol–water partition coefficient (Wildman–Crippen LogP) is 7.33. The molecule has 1 amide bonds. The third-order valence-electron chi connectivity index (χ3n) is 7.04. The molecule has 0 fully saturated rings. The van der Waals surface area contributed by atoms with Gasteiger partial charge in [-0.05, 0) is 62.8 Å². The number of amides is 1. The van der Waals surface area contributed by atoms with Gasteiger partial charge in [-0.3, -0.25) is 4.79 Å². The summed E-state index contributed by atoms with van der Waals surface area (Å²) >= 11 is 0. The van der Waals surface area contributed by atoms with Crippen LogP contribution in [0.25, 0.3) is 16.5 Å². The SMILES string of the molecule is CCOc1c(/C(C)=C/C(=O)NC(c2ccccc2)c2ccccc2)cc2c3c(oc2c1C)CCCC3. The lowest BCUT2D eigenvalue weighted by molar-refractivity contribution is -0.116. The average molecular weight is 480 g/mol. The summed E-state index contributed by atoms with van der Waals surface area (Å²) in [5, 5.41) is 4.38. The molecule has 0 saturated heterocycles. The van der Waals surface area contributed by atoms with Crippen LogP contribution in [0.15, 0.2) is 77.2 Å². The number of ether oxygens (including phenoxy) is 1. The molecule has 0 spiro atoms. The molecule has 184 valence electrons. The van der Waals surface area contributed by atoms with Crippen molar-refractivity contribution in [2.45, 2.75) is 52.5 Å². The highest BCUT2D eigenvalue weighted by Gasteiger charge is 2.23. The molecular formula is C32H33NO3. The number of hydrogen-bond acceptors (Lipinski definition) is 3. The van der Waals surface area contributed by atoms with E-state index in [1.165, 1.54) is 18.4 Å². The number of rotatable bonds is 7. The third-order valence-corrected chi connectivity index (χ3v) is 7.04. The lowest BCUT2D eigenvalue weighted by Gasteiger charge is -2.19. The van der Waals surface area contributed by atoms with E-state index in [1.54, 1.807) is 6.08 Å². The fourth-order valence-corrected chi connectivity index (χ4v) is 5.27. The zero-order valence-corrected chi connectivity index (χ0v) is 21.3. The van der Waals surface area contributed by atoms with Crippen LogP contribution in [-0.2, 0) is 17.6 Å². The minimum absolute atomic E-state index is 0.139. The zero-order valence-electron chi connectivity index (χ0n) is 21.3. The largest absolute Gasteiger partial charge is 0.493 e. The van der Waals surface area contributed by atoms with Gasteiger partial charge in [0.05, 0.1) is 12.6 Å². The first-order valence-electron chi connectivity index (χ1n) is 12.9. The number of furan rings is 1. The van der Waals surface area contributed by atoms with Gasteiger partial charge in [0.15, 0.2) is 0 Å². The molecule has 0 aliphatic heterocycles. The van der Waals surface area contributed by atoms with Crippen molar-refractivity contribution >= 4 is 22.4 Å². The van der Waals surface area contributed by atoms with Gasteiger partial charge in [-0.25, -0.2) is 0 Å². The lowest BCUT2D eigenvalue weighted by Crippen LogP contribution is -2.28. The summed E-state index contributed by atoms with van der Waals surface area (Å²) in [5.74, 6) is 1.76. The Morgan fingerprint density at radius 1 is 1.03 bits per heavy atom. The Balaban J connectivity index is 1.52. The standard InChI is InChI=1S/C32H33NO3/c1-4-35-31-22(3)32-27(25-17-11-12-18-28(25)36-32)20-26(31)21(2)19-29(34)33-30(23-13-7-5-8-14-23)24-15-9-6-10-16-24/h5-10,13-16,19-20,30H,4,11-12,17-18H2,1-3H3,(H,33,34)/b21-19+. The van der Waals surface area contributed by atoms with Crippen molar-refractivity contribution in [1.82, 2.24) is 5.32 Å². The Morgan fingerprint density at radius 2 is 1.67 bits per heavy atom. The molecule has 1 aliphatic carbocycles. The van der Waals surface area contributed by atoms with Gasteiger partial charge in [-0.15, -0.1) is 0 Å². The minimum Gasteiger partial charge on any atom is -0.493 e. The molecule has 4 heteroatoms. The number of allylic oxidation sites excluding steroid dienone is 1. The van der Waals surface area contributed by atoms with Crippen molar-refractivity contribution in [3.05, 3.63) is 106 Å². The fraction of sp³-hybridized carbons (Fsp3) is 0.281. The van der Waals surface area contributed by atoms with Crippen LogP contribution in [0, 0.1) is 6.92 Å². The number of aryl methyl sites for hydroxylation is 3. The van der Waals surface area contributed by atoms with Gasteiger partial charge in [0.2, 0.25) is 5.91 Å². The molecule has 0 unspecified atom stereocenters. The van der Waals surface area contributed by atoms with E-state index < -0.39 is 0 Å². The molecule has 1 aromatic heterocycles. The van der Waals surface area contributed by atoms with Crippen molar-refractivity contribution in [2.24, 2.45) is 0 Å². The van der Waals surface area contributed by atoms with E-state index in [1.807, 2.05) is 74.5 Å². The molecular weight excluding hydrogens is 446 g/mol. The maximum atomic E-state index is 13.3. The predicted molar refractivity (Wildman–Crippen MR) is 145 cm³/mol. The van der Waals surface area contributed by atoms with Crippen molar-refractivity contribution in [3.8, 4) is 5.75 Å². The second-order valence-corrected chi connectivity index (χ2v) is 9.49. The van der Waals surface area contributed by atoms with Gasteiger partial charge < -0.3 is 14.5 Å². The summed E-state index contributed by atoms with van der Waals surface area (Å²) in [6.07, 6.45) is 6.06. The van der Waals surface area contributed by atoms with Gasteiger partial charge in [-0.2, -0.15) is 0 Å². The Hall–Kier alpha value is -3.79. The summed E-state index contributed by atoms with van der Waals surface area (Å²) < 4.78 is 12.4. The van der Waals surface area contributed by atoms with Crippen molar-refractivity contribution < 1.29 is 13.9 Å².